The van der Waals surface area contributed by atoms with E-state index in [-0.39, 0.29) is 0 Å². The number of carboxylic acid groups (broad SMARTS) is 3. The third-order valence-electron chi connectivity index (χ3n) is 5.08. The first-order valence-electron chi connectivity index (χ1n) is 11.1. The molecular weight excluding hydrogens is 490 g/mol. The van der Waals surface area contributed by atoms with Gasteiger partial charge in [-0.25, -0.2) is 9.78 Å². The molecule has 0 atom stereocenters. The summed E-state index contributed by atoms with van der Waals surface area (Å²) in [5.74, 6) is -5.02. The van der Waals surface area contributed by atoms with E-state index in [1.807, 2.05) is 48.0 Å². The summed E-state index contributed by atoms with van der Waals surface area (Å²) in [5.41, 5.74) is -1.47. The maximum absolute atomic E-state index is 10.3. The highest BCUT2D eigenvalue weighted by molar-refractivity contribution is 7.11. The van der Waals surface area contributed by atoms with Gasteiger partial charge in [-0.05, 0) is 25.5 Å². The lowest BCUT2D eigenvalue weighted by atomic mass is 9.96. The second-order valence-electron chi connectivity index (χ2n) is 8.38. The predicted molar refractivity (Wildman–Crippen MR) is 130 cm³/mol. The summed E-state index contributed by atoms with van der Waals surface area (Å²) in [4.78, 5) is 39.9. The van der Waals surface area contributed by atoms with Crippen molar-refractivity contribution in [1.29, 1.82) is 0 Å². The van der Waals surface area contributed by atoms with E-state index in [0.717, 1.165) is 32.6 Å². The summed E-state index contributed by atoms with van der Waals surface area (Å²) in [5, 5.41) is 38.1. The number of imidazole rings is 1. The number of thiophene rings is 1. The van der Waals surface area contributed by atoms with E-state index in [1.54, 1.807) is 0 Å². The molecule has 0 fully saturated rings. The molecule has 0 radical (unpaired) electrons. The number of aliphatic carboxylic acids is 3. The molecule has 4 N–H and O–H groups in total. The molecule has 0 unspecified atom stereocenters. The maximum atomic E-state index is 10.3. The number of rotatable bonds is 13. The Labute approximate surface area is 212 Å². The Morgan fingerprint density at radius 1 is 1.11 bits per heavy atom. The minimum atomic E-state index is -2.74. The molecule has 36 heavy (non-hydrogen) atoms. The van der Waals surface area contributed by atoms with Crippen molar-refractivity contribution in [3.05, 3.63) is 58.6 Å². The molecule has 0 aliphatic carbocycles. The van der Waals surface area contributed by atoms with Gasteiger partial charge in [0.1, 0.15) is 0 Å². The van der Waals surface area contributed by atoms with Gasteiger partial charge in [0.15, 0.2) is 5.60 Å². The first-order chi connectivity index (χ1) is 17.0. The Balaban J connectivity index is 0.000000302. The van der Waals surface area contributed by atoms with Gasteiger partial charge in [-0.3, -0.25) is 19.2 Å². The molecule has 0 spiro atoms. The molecule has 3 heterocycles. The van der Waals surface area contributed by atoms with Crippen molar-refractivity contribution < 1.29 is 34.8 Å². The van der Waals surface area contributed by atoms with Crippen LogP contribution < -0.4 is 0 Å². The molecule has 0 saturated carbocycles. The first-order valence-corrected chi connectivity index (χ1v) is 11.9. The molecular formula is C23H31N5O7S. The lowest BCUT2D eigenvalue weighted by molar-refractivity contribution is -0.170. The van der Waals surface area contributed by atoms with Crippen LogP contribution in [0.15, 0.2) is 43.2 Å². The fourth-order valence-corrected chi connectivity index (χ4v) is 4.36. The molecule has 3 rings (SSSR count). The second kappa shape index (κ2) is 13.5. The quantitative estimate of drug-likeness (QED) is 0.260. The first kappa shape index (κ1) is 28.7. The van der Waals surface area contributed by atoms with E-state index < -0.39 is 36.4 Å². The van der Waals surface area contributed by atoms with Crippen molar-refractivity contribution in [2.24, 2.45) is 7.05 Å². The van der Waals surface area contributed by atoms with E-state index in [2.05, 4.69) is 44.8 Å². The van der Waals surface area contributed by atoms with Crippen molar-refractivity contribution >= 4 is 29.2 Å². The minimum absolute atomic E-state index is 0.939. The van der Waals surface area contributed by atoms with Crippen molar-refractivity contribution in [1.82, 2.24) is 24.2 Å². The molecule has 196 valence electrons. The lowest BCUT2D eigenvalue weighted by Gasteiger charge is -2.21. The van der Waals surface area contributed by atoms with E-state index in [9.17, 15) is 14.4 Å². The van der Waals surface area contributed by atoms with Crippen LogP contribution in [-0.2, 0) is 41.1 Å². The molecule has 3 aromatic rings. The SMILES string of the molecule is Cc1ccc(CN(CCCn2ccnc2)Cc2cnn(C)c2)s1.O=C(O)CC(O)(CC(=O)O)C(=O)O. The highest BCUT2D eigenvalue weighted by Crippen LogP contribution is 2.19. The predicted octanol–water partition coefficient (Wildman–Crippen LogP) is 1.83. The number of carboxylic acids is 3. The van der Waals surface area contributed by atoms with Crippen molar-refractivity contribution in [3.8, 4) is 0 Å². The van der Waals surface area contributed by atoms with Crippen molar-refractivity contribution in [2.45, 2.75) is 51.4 Å². The second-order valence-corrected chi connectivity index (χ2v) is 9.75. The number of nitrogens with zero attached hydrogens (tertiary/aromatic N) is 5. The Morgan fingerprint density at radius 3 is 2.28 bits per heavy atom. The number of carbonyl (C=O) groups is 3. The molecule has 0 amide bonds. The van der Waals surface area contributed by atoms with Gasteiger partial charge >= 0.3 is 17.9 Å². The van der Waals surface area contributed by atoms with Crippen LogP contribution in [-0.4, -0.2) is 74.7 Å². The number of aliphatic hydroxyl groups is 1. The summed E-state index contributed by atoms with van der Waals surface area (Å²) in [7, 11) is 1.97. The van der Waals surface area contributed by atoms with Crippen LogP contribution in [0.2, 0.25) is 0 Å². The highest BCUT2D eigenvalue weighted by Gasteiger charge is 2.40. The normalized spacial score (nSPS) is 11.2. The molecule has 0 saturated heterocycles. The highest BCUT2D eigenvalue weighted by atomic mass is 32.1. The van der Waals surface area contributed by atoms with Crippen molar-refractivity contribution in [3.63, 3.8) is 0 Å². The van der Waals surface area contributed by atoms with Crippen LogP contribution >= 0.6 is 11.3 Å². The topological polar surface area (TPSA) is 171 Å². The molecule has 0 bridgehead atoms. The molecule has 12 nitrogen and oxygen atoms in total. The zero-order valence-electron chi connectivity index (χ0n) is 20.1. The monoisotopic (exact) mass is 521 g/mol. The summed E-state index contributed by atoms with van der Waals surface area (Å²) < 4.78 is 4.01. The summed E-state index contributed by atoms with van der Waals surface area (Å²) in [6, 6.07) is 4.44. The fraction of sp³-hybridized carbons (Fsp3) is 0.435. The zero-order valence-corrected chi connectivity index (χ0v) is 21.0. The van der Waals surface area contributed by atoms with Crippen LogP contribution in [0, 0.1) is 6.92 Å². The Morgan fingerprint density at radius 2 is 1.81 bits per heavy atom. The Hall–Kier alpha value is -3.55. The van der Waals surface area contributed by atoms with Crippen LogP contribution in [0.25, 0.3) is 0 Å². The standard InChI is InChI=1S/C17H23N5S.C6H8O7/c1-15-4-5-17(23-15)13-22(12-16-10-19-20(2)11-16)8-3-7-21-9-6-18-14-21;7-3(8)1-6(13,5(11)12)2-4(9)10/h4-6,9-11,14H,3,7-8,12-13H2,1-2H3;13H,1-2H2,(H,7,8)(H,9,10)(H,11,12). The maximum Gasteiger partial charge on any atom is 0.336 e. The van der Waals surface area contributed by atoms with Crippen LogP contribution in [0.3, 0.4) is 0 Å². The van der Waals surface area contributed by atoms with Crippen LogP contribution in [0.5, 0.6) is 0 Å². The van der Waals surface area contributed by atoms with Crippen LogP contribution in [0.4, 0.5) is 0 Å². The number of aromatic nitrogens is 4. The van der Waals surface area contributed by atoms with Crippen molar-refractivity contribution in [2.75, 3.05) is 6.54 Å². The lowest BCUT2D eigenvalue weighted by Crippen LogP contribution is -2.42. The number of aryl methyl sites for hydroxylation is 3. The van der Waals surface area contributed by atoms with E-state index in [1.165, 1.54) is 15.3 Å². The minimum Gasteiger partial charge on any atom is -0.481 e. The van der Waals surface area contributed by atoms with Gasteiger partial charge in [-0.2, -0.15) is 5.10 Å². The Kier molecular flexibility index (Phi) is 10.8. The zero-order chi connectivity index (χ0) is 26.7. The smallest absolute Gasteiger partial charge is 0.336 e. The number of hydrogen-bond acceptors (Lipinski definition) is 8. The molecule has 0 aromatic carbocycles. The molecule has 0 aliphatic rings. The average Bonchev–Trinajstić information content (AvgIpc) is 3.51. The van der Waals surface area contributed by atoms with Crippen LogP contribution in [0.1, 0.15) is 34.6 Å². The van der Waals surface area contributed by atoms with Gasteiger partial charge in [0.2, 0.25) is 0 Å². The molecule has 3 aromatic heterocycles. The van der Waals surface area contributed by atoms with Gasteiger partial charge in [-0.1, -0.05) is 0 Å². The third-order valence-corrected chi connectivity index (χ3v) is 6.06. The molecule has 13 heteroatoms. The number of hydrogen-bond donors (Lipinski definition) is 4. The average molecular weight is 522 g/mol. The fourth-order valence-electron chi connectivity index (χ4n) is 3.43. The van der Waals surface area contributed by atoms with Gasteiger partial charge in [0, 0.05) is 67.1 Å². The largest absolute Gasteiger partial charge is 0.481 e. The summed E-state index contributed by atoms with van der Waals surface area (Å²) in [6.07, 6.45) is 8.62. The van der Waals surface area contributed by atoms with E-state index in [4.69, 9.17) is 20.4 Å². The summed E-state index contributed by atoms with van der Waals surface area (Å²) in [6.45, 7) is 6.17. The van der Waals surface area contributed by atoms with Gasteiger partial charge in [0.25, 0.3) is 0 Å². The Bertz CT molecular complexity index is 1070. The van der Waals surface area contributed by atoms with E-state index in [0.29, 0.717) is 0 Å². The molecule has 0 aliphatic heterocycles. The summed E-state index contributed by atoms with van der Waals surface area (Å²) >= 11 is 1.89. The van der Waals surface area contributed by atoms with E-state index >= 15 is 0 Å². The van der Waals surface area contributed by atoms with Gasteiger partial charge < -0.3 is 25.0 Å². The third kappa shape index (κ3) is 9.98. The van der Waals surface area contributed by atoms with Gasteiger partial charge in [-0.15, -0.1) is 11.3 Å². The van der Waals surface area contributed by atoms with Gasteiger partial charge in [0.05, 0.1) is 25.4 Å².